The van der Waals surface area contributed by atoms with Crippen LogP contribution < -0.4 is 31.6 Å². The molecule has 0 spiro atoms. The third-order valence-corrected chi connectivity index (χ3v) is 12.5. The number of nitrogens with two attached hydrogens (primary N) is 1. The smallest absolute Gasteiger partial charge is 0.422 e. The van der Waals surface area contributed by atoms with Crippen molar-refractivity contribution >= 4 is 61.3 Å². The molecular formula is C60H66ClF8N13O5. The lowest BCUT2D eigenvalue weighted by Crippen LogP contribution is -2.36. The summed E-state index contributed by atoms with van der Waals surface area (Å²) in [7, 11) is 0. The molecule has 0 bridgehead atoms. The van der Waals surface area contributed by atoms with E-state index in [2.05, 4.69) is 89.4 Å². The molecule has 4 aromatic carbocycles. The molecule has 0 saturated heterocycles. The molecule has 18 nitrogen and oxygen atoms in total. The van der Waals surface area contributed by atoms with Crippen molar-refractivity contribution < 1.29 is 49.7 Å². The van der Waals surface area contributed by atoms with Crippen LogP contribution in [-0.4, -0.2) is 109 Å². The largest absolute Gasteiger partial charge is 0.484 e. The SMILES string of the molecule is CC(C)(C)O.CCN(C(C)C)C(C)C.C[C@H](N)c1nc2cccc(F)c2c(=O)n1-c1ccc(OCC(F)(F)F)cc1.C[C@H](Nc1ncnc2[nH]ccc12)c1nc2cccc(F)c2c(=O)n1-c1ccc(OCC(F)(F)F)cc1.Clc1ncnc2[nH]ccc12. The number of anilines is 1. The zero-order valence-electron chi connectivity index (χ0n) is 49.1. The molecule has 6 N–H and O–H groups in total. The quantitative estimate of drug-likeness (QED) is 0.0534. The lowest BCUT2D eigenvalue weighted by Gasteiger charge is -2.28. The fourth-order valence-corrected chi connectivity index (χ4v) is 8.84. The van der Waals surface area contributed by atoms with Crippen molar-refractivity contribution in [1.82, 2.24) is 53.9 Å². The summed E-state index contributed by atoms with van der Waals surface area (Å²) in [5, 5.41) is 13.4. The molecule has 464 valence electrons. The van der Waals surface area contributed by atoms with Crippen LogP contribution in [0.1, 0.15) is 93.0 Å². The van der Waals surface area contributed by atoms with Gasteiger partial charge in [-0.05, 0) is 154 Å². The van der Waals surface area contributed by atoms with Crippen LogP contribution in [0.5, 0.6) is 11.5 Å². The lowest BCUT2D eigenvalue weighted by molar-refractivity contribution is -0.154. The predicted octanol–water partition coefficient (Wildman–Crippen LogP) is 12.9. The Balaban J connectivity index is 0.000000205. The number of halogens is 9. The molecule has 6 aromatic heterocycles. The standard InChI is InChI=1S/C24H18F4N6O2.C18H15F4N3O2.C8H19N.C6H4ClN3.C4H10O/c1-13(32-21-16-9-10-29-20(16)30-12-31-21)22-33-18-4-2-3-17(25)19(18)23(35)34(22)14-5-7-15(8-6-14)36-11-24(26,27)28;1-10(23)16-24-14-4-2-3-13(19)15(14)17(26)25(16)11-5-7-12(8-6-11)27-9-18(20,21)22;1-6-9(7(2)3)8(4)5;7-5-4-1-2-8-6(4)10-3-9-5;1-4(2,3)5/h2-10,12-13H,11H2,1H3,(H2,29,30,31,32);2-8,10H,9,23H2,1H3;7-8H,6H2,1-5H3;1-3H,(H,8,9,10);5H,1-3H3/t13-;10-;;;/m00.../s1. The molecule has 10 rings (SSSR count). The van der Waals surface area contributed by atoms with E-state index in [1.165, 1.54) is 90.0 Å². The van der Waals surface area contributed by atoms with Gasteiger partial charge in [0.1, 0.15) is 80.5 Å². The first-order valence-corrected chi connectivity index (χ1v) is 27.5. The number of nitrogens with zero attached hydrogens (tertiary/aromatic N) is 9. The van der Waals surface area contributed by atoms with Crippen LogP contribution in [-0.2, 0) is 0 Å². The van der Waals surface area contributed by atoms with Crippen LogP contribution in [0.3, 0.4) is 0 Å². The maximum Gasteiger partial charge on any atom is 0.422 e. The summed E-state index contributed by atoms with van der Waals surface area (Å²) >= 11 is 5.73. The van der Waals surface area contributed by atoms with Crippen molar-refractivity contribution in [1.29, 1.82) is 0 Å². The lowest BCUT2D eigenvalue weighted by atomic mass is 10.2. The first-order valence-electron chi connectivity index (χ1n) is 27.1. The molecule has 0 fully saturated rings. The molecule has 0 aliphatic heterocycles. The van der Waals surface area contributed by atoms with Gasteiger partial charge in [-0.3, -0.25) is 23.6 Å². The number of H-pyrrole nitrogens is 2. The summed E-state index contributed by atoms with van der Waals surface area (Å²) in [6.45, 7) is 18.0. The van der Waals surface area contributed by atoms with Crippen molar-refractivity contribution in [3.8, 4) is 22.9 Å². The van der Waals surface area contributed by atoms with Crippen LogP contribution in [0.2, 0.25) is 5.15 Å². The summed E-state index contributed by atoms with van der Waals surface area (Å²) in [5.41, 5.74) is 6.37. The monoisotopic (exact) mass is 1240 g/mol. The number of fused-ring (bicyclic) bond motifs is 4. The van der Waals surface area contributed by atoms with E-state index in [9.17, 15) is 44.7 Å². The second kappa shape index (κ2) is 29.2. The average molecular weight is 1240 g/mol. The topological polar surface area (TPSA) is 233 Å². The van der Waals surface area contributed by atoms with Gasteiger partial charge in [-0.25, -0.2) is 38.7 Å². The highest BCUT2D eigenvalue weighted by Crippen LogP contribution is 2.28. The third-order valence-electron chi connectivity index (χ3n) is 12.2. The number of aliphatic hydroxyl groups is 1. The Bertz CT molecular complexity index is 3980. The van der Waals surface area contributed by atoms with E-state index in [0.717, 1.165) is 39.7 Å². The molecule has 0 saturated carbocycles. The molecule has 2 atom stereocenters. The molecule has 27 heteroatoms. The van der Waals surface area contributed by atoms with E-state index in [4.69, 9.17) is 27.2 Å². The fourth-order valence-electron chi connectivity index (χ4n) is 8.65. The second-order valence-electron chi connectivity index (χ2n) is 21.0. The number of hydrogen-bond acceptors (Lipinski definition) is 14. The van der Waals surface area contributed by atoms with E-state index in [-0.39, 0.29) is 56.3 Å². The van der Waals surface area contributed by atoms with E-state index < -0.39 is 66.0 Å². The number of hydrogen-bond donors (Lipinski definition) is 5. The number of alkyl halides is 6. The molecular weight excluding hydrogens is 1170 g/mol. The number of nitrogens with one attached hydrogen (secondary N) is 3. The summed E-state index contributed by atoms with van der Waals surface area (Å²) in [6, 6.07) is 22.8. The van der Waals surface area contributed by atoms with Crippen molar-refractivity contribution in [2.24, 2.45) is 5.73 Å². The number of aromatic nitrogens is 10. The highest BCUT2D eigenvalue weighted by atomic mass is 35.5. The Morgan fingerprint density at radius 2 is 1.05 bits per heavy atom. The Labute approximate surface area is 499 Å². The Morgan fingerprint density at radius 3 is 1.45 bits per heavy atom. The predicted molar refractivity (Wildman–Crippen MR) is 320 cm³/mol. The molecule has 0 unspecified atom stereocenters. The first-order chi connectivity index (χ1) is 40.8. The van der Waals surface area contributed by atoms with Gasteiger partial charge in [0, 0.05) is 24.5 Å². The summed E-state index contributed by atoms with van der Waals surface area (Å²) in [5.74, 6) is -0.587. The third kappa shape index (κ3) is 18.7. The highest BCUT2D eigenvalue weighted by Gasteiger charge is 2.30. The van der Waals surface area contributed by atoms with Gasteiger partial charge in [0.2, 0.25) is 0 Å². The first kappa shape index (κ1) is 67.5. The van der Waals surface area contributed by atoms with Crippen molar-refractivity contribution in [3.05, 3.63) is 171 Å². The zero-order chi connectivity index (χ0) is 64.1. The minimum absolute atomic E-state index is 0.0219. The number of rotatable bonds is 13. The summed E-state index contributed by atoms with van der Waals surface area (Å²) < 4.78 is 115. The van der Waals surface area contributed by atoms with Crippen LogP contribution in [0.4, 0.5) is 40.9 Å². The van der Waals surface area contributed by atoms with E-state index >= 15 is 0 Å². The van der Waals surface area contributed by atoms with Crippen LogP contribution in [0.15, 0.2) is 132 Å². The van der Waals surface area contributed by atoms with E-state index in [0.29, 0.717) is 28.7 Å². The Morgan fingerprint density at radius 1 is 0.632 bits per heavy atom. The van der Waals surface area contributed by atoms with E-state index in [1.54, 1.807) is 53.1 Å². The van der Waals surface area contributed by atoms with Gasteiger partial charge in [-0.1, -0.05) is 30.7 Å². The molecule has 0 aliphatic rings. The van der Waals surface area contributed by atoms with Crippen LogP contribution in [0.25, 0.3) is 55.2 Å². The Hall–Kier alpha value is -8.59. The van der Waals surface area contributed by atoms with Crippen molar-refractivity contribution in [2.45, 2.75) is 111 Å². The average Bonchev–Trinajstić information content (AvgIpc) is 1.82. The number of benzene rings is 4. The van der Waals surface area contributed by atoms with Gasteiger partial charge >= 0.3 is 12.4 Å². The minimum Gasteiger partial charge on any atom is -0.484 e. The normalized spacial score (nSPS) is 12.4. The van der Waals surface area contributed by atoms with Crippen molar-refractivity contribution in [2.75, 3.05) is 25.1 Å². The molecule has 0 radical (unpaired) electrons. The zero-order valence-corrected chi connectivity index (χ0v) is 49.8. The maximum absolute atomic E-state index is 14.6. The van der Waals surface area contributed by atoms with Crippen LogP contribution >= 0.6 is 11.6 Å². The molecule has 0 amide bonds. The summed E-state index contributed by atoms with van der Waals surface area (Å²) in [4.78, 5) is 59.7. The molecule has 6 heterocycles. The van der Waals surface area contributed by atoms with Gasteiger partial charge in [-0.2, -0.15) is 26.3 Å². The fraction of sp³-hybridized carbons (Fsp3) is 0.333. The maximum atomic E-state index is 14.6. The number of ether oxygens (including phenoxy) is 2. The van der Waals surface area contributed by atoms with Crippen molar-refractivity contribution in [3.63, 3.8) is 0 Å². The van der Waals surface area contributed by atoms with Gasteiger partial charge < -0.3 is 35.6 Å². The highest BCUT2D eigenvalue weighted by molar-refractivity contribution is 6.33. The van der Waals surface area contributed by atoms with Crippen LogP contribution in [0, 0.1) is 11.6 Å². The molecule has 0 aliphatic carbocycles. The van der Waals surface area contributed by atoms with Gasteiger partial charge in [0.05, 0.1) is 50.9 Å². The summed E-state index contributed by atoms with van der Waals surface area (Å²) in [6.07, 6.45) is -2.64. The van der Waals surface area contributed by atoms with Gasteiger partial charge in [0.25, 0.3) is 11.1 Å². The molecule has 10 aromatic rings. The van der Waals surface area contributed by atoms with E-state index in [1.807, 2.05) is 6.07 Å². The minimum atomic E-state index is -4.49. The molecule has 87 heavy (non-hydrogen) atoms. The number of aromatic amines is 2. The van der Waals surface area contributed by atoms with Gasteiger partial charge in [-0.15, -0.1) is 0 Å². The second-order valence-corrected chi connectivity index (χ2v) is 21.4. The van der Waals surface area contributed by atoms with Gasteiger partial charge in [0.15, 0.2) is 13.2 Å². The Kier molecular flexibility index (Phi) is 22.7.